The molecule has 2 fully saturated rings. The highest BCUT2D eigenvalue weighted by Crippen LogP contribution is 2.32. The van der Waals surface area contributed by atoms with Gasteiger partial charge in [-0.2, -0.15) is 0 Å². The van der Waals surface area contributed by atoms with E-state index in [0.29, 0.717) is 6.04 Å². The van der Waals surface area contributed by atoms with Gasteiger partial charge in [-0.3, -0.25) is 4.90 Å². The number of rotatable bonds is 2. The third-order valence-electron chi connectivity index (χ3n) is 3.98. The zero-order valence-electron chi connectivity index (χ0n) is 9.45. The highest BCUT2D eigenvalue weighted by atomic mass is 16.3. The Morgan fingerprint density at radius 1 is 1.14 bits per heavy atom. The van der Waals surface area contributed by atoms with Gasteiger partial charge >= 0.3 is 0 Å². The second-order valence-corrected chi connectivity index (χ2v) is 5.26. The molecule has 0 amide bonds. The SMILES string of the molecule is CC(C)C1CCCN1[C@H]1CCC[C@@H]1O. The summed E-state index contributed by atoms with van der Waals surface area (Å²) in [5.41, 5.74) is 0. The molecule has 1 heterocycles. The van der Waals surface area contributed by atoms with Gasteiger partial charge in [-0.1, -0.05) is 13.8 Å². The number of nitrogens with zero attached hydrogens (tertiary/aromatic N) is 1. The van der Waals surface area contributed by atoms with E-state index < -0.39 is 0 Å². The quantitative estimate of drug-likeness (QED) is 0.732. The van der Waals surface area contributed by atoms with Gasteiger partial charge in [0.2, 0.25) is 0 Å². The summed E-state index contributed by atoms with van der Waals surface area (Å²) in [5, 5.41) is 9.91. The van der Waals surface area contributed by atoms with Gasteiger partial charge in [0.15, 0.2) is 0 Å². The molecule has 2 aliphatic rings. The Morgan fingerprint density at radius 3 is 2.50 bits per heavy atom. The fraction of sp³-hybridized carbons (Fsp3) is 1.00. The molecule has 14 heavy (non-hydrogen) atoms. The molecule has 0 aromatic carbocycles. The summed E-state index contributed by atoms with van der Waals surface area (Å²) in [6.45, 7) is 5.83. The third-order valence-corrected chi connectivity index (χ3v) is 3.98. The lowest BCUT2D eigenvalue weighted by atomic mass is 10.00. The molecule has 0 bridgehead atoms. The van der Waals surface area contributed by atoms with Crippen LogP contribution in [-0.4, -0.2) is 34.7 Å². The van der Waals surface area contributed by atoms with E-state index in [1.807, 2.05) is 0 Å². The molecule has 0 aromatic rings. The molecule has 1 saturated heterocycles. The minimum Gasteiger partial charge on any atom is -0.391 e. The molecule has 0 spiro atoms. The Kier molecular flexibility index (Phi) is 3.13. The number of likely N-dealkylation sites (tertiary alicyclic amines) is 1. The van der Waals surface area contributed by atoms with E-state index in [1.165, 1.54) is 32.2 Å². The van der Waals surface area contributed by atoms with Crippen LogP contribution in [0.15, 0.2) is 0 Å². The lowest BCUT2D eigenvalue weighted by Crippen LogP contribution is -2.45. The molecule has 1 saturated carbocycles. The molecule has 2 heteroatoms. The van der Waals surface area contributed by atoms with Crippen LogP contribution in [0.2, 0.25) is 0 Å². The monoisotopic (exact) mass is 197 g/mol. The summed E-state index contributed by atoms with van der Waals surface area (Å²) in [7, 11) is 0. The van der Waals surface area contributed by atoms with Gasteiger partial charge in [-0.25, -0.2) is 0 Å². The fourth-order valence-corrected chi connectivity index (χ4v) is 3.25. The molecule has 3 atom stereocenters. The molecule has 2 nitrogen and oxygen atoms in total. The molecule has 2 rings (SSSR count). The smallest absolute Gasteiger partial charge is 0.0695 e. The summed E-state index contributed by atoms with van der Waals surface area (Å²) in [4.78, 5) is 2.59. The van der Waals surface area contributed by atoms with Gasteiger partial charge in [0.05, 0.1) is 6.10 Å². The summed E-state index contributed by atoms with van der Waals surface area (Å²) < 4.78 is 0. The molecule has 0 radical (unpaired) electrons. The minimum absolute atomic E-state index is 0.0469. The Balaban J connectivity index is 2.01. The van der Waals surface area contributed by atoms with Crippen molar-refractivity contribution in [1.29, 1.82) is 0 Å². The molecule has 1 aliphatic carbocycles. The zero-order chi connectivity index (χ0) is 10.1. The third kappa shape index (κ3) is 1.82. The Bertz CT molecular complexity index is 193. The second kappa shape index (κ2) is 4.19. The minimum atomic E-state index is -0.0469. The van der Waals surface area contributed by atoms with E-state index in [4.69, 9.17) is 0 Å². The number of hydrogen-bond acceptors (Lipinski definition) is 2. The van der Waals surface area contributed by atoms with Crippen molar-refractivity contribution in [2.24, 2.45) is 5.92 Å². The van der Waals surface area contributed by atoms with Crippen LogP contribution in [0.4, 0.5) is 0 Å². The fourth-order valence-electron chi connectivity index (χ4n) is 3.25. The predicted molar refractivity (Wildman–Crippen MR) is 58.2 cm³/mol. The van der Waals surface area contributed by atoms with Crippen LogP contribution >= 0.6 is 0 Å². The van der Waals surface area contributed by atoms with Crippen LogP contribution in [0.5, 0.6) is 0 Å². The first-order valence-corrected chi connectivity index (χ1v) is 6.14. The van der Waals surface area contributed by atoms with Gasteiger partial charge in [-0.05, 0) is 44.6 Å². The first-order valence-electron chi connectivity index (χ1n) is 6.14. The van der Waals surface area contributed by atoms with Crippen molar-refractivity contribution in [2.45, 2.75) is 64.1 Å². The normalized spacial score (nSPS) is 39.9. The predicted octanol–water partition coefficient (Wildman–Crippen LogP) is 2.02. The topological polar surface area (TPSA) is 23.5 Å². The summed E-state index contributed by atoms with van der Waals surface area (Å²) >= 11 is 0. The molecule has 0 aromatic heterocycles. The standard InChI is InChI=1S/C12H23NO/c1-9(2)10-6-4-8-13(10)11-5-3-7-12(11)14/h9-12,14H,3-8H2,1-2H3/t10?,11-,12-/m0/s1. The zero-order valence-corrected chi connectivity index (χ0v) is 9.45. The van der Waals surface area contributed by atoms with Crippen molar-refractivity contribution in [3.8, 4) is 0 Å². The van der Waals surface area contributed by atoms with Gasteiger partial charge in [-0.15, -0.1) is 0 Å². The Morgan fingerprint density at radius 2 is 1.93 bits per heavy atom. The van der Waals surface area contributed by atoms with Crippen molar-refractivity contribution in [3.05, 3.63) is 0 Å². The molecule has 1 N–H and O–H groups in total. The largest absolute Gasteiger partial charge is 0.391 e. The lowest BCUT2D eigenvalue weighted by molar-refractivity contribution is 0.0513. The van der Waals surface area contributed by atoms with Crippen molar-refractivity contribution >= 4 is 0 Å². The average molecular weight is 197 g/mol. The van der Waals surface area contributed by atoms with Crippen molar-refractivity contribution in [2.75, 3.05) is 6.54 Å². The molecule has 82 valence electrons. The molecule has 1 unspecified atom stereocenters. The lowest BCUT2D eigenvalue weighted by Gasteiger charge is -2.34. The van der Waals surface area contributed by atoms with Crippen LogP contribution in [-0.2, 0) is 0 Å². The maximum Gasteiger partial charge on any atom is 0.0695 e. The summed E-state index contributed by atoms with van der Waals surface area (Å²) in [6, 6.07) is 1.21. The number of hydrogen-bond donors (Lipinski definition) is 1. The van der Waals surface area contributed by atoms with Crippen molar-refractivity contribution in [3.63, 3.8) is 0 Å². The summed E-state index contributed by atoms with van der Waals surface area (Å²) in [6.07, 6.45) is 6.06. The Hall–Kier alpha value is -0.0800. The second-order valence-electron chi connectivity index (χ2n) is 5.26. The van der Waals surface area contributed by atoms with E-state index in [0.717, 1.165) is 18.4 Å². The maximum absolute atomic E-state index is 9.91. The van der Waals surface area contributed by atoms with E-state index in [2.05, 4.69) is 18.7 Å². The van der Waals surface area contributed by atoms with Gasteiger partial charge < -0.3 is 5.11 Å². The van der Waals surface area contributed by atoms with Gasteiger partial charge in [0.25, 0.3) is 0 Å². The van der Waals surface area contributed by atoms with Crippen LogP contribution < -0.4 is 0 Å². The van der Waals surface area contributed by atoms with E-state index in [1.54, 1.807) is 0 Å². The van der Waals surface area contributed by atoms with Crippen molar-refractivity contribution < 1.29 is 5.11 Å². The van der Waals surface area contributed by atoms with Crippen molar-refractivity contribution in [1.82, 2.24) is 4.90 Å². The summed E-state index contributed by atoms with van der Waals surface area (Å²) in [5.74, 6) is 0.741. The van der Waals surface area contributed by atoms with Gasteiger partial charge in [0, 0.05) is 12.1 Å². The number of aliphatic hydroxyl groups is 1. The van der Waals surface area contributed by atoms with E-state index >= 15 is 0 Å². The maximum atomic E-state index is 9.91. The highest BCUT2D eigenvalue weighted by molar-refractivity contribution is 4.92. The van der Waals surface area contributed by atoms with Crippen LogP contribution in [0.3, 0.4) is 0 Å². The first kappa shape index (κ1) is 10.4. The molecular weight excluding hydrogens is 174 g/mol. The number of aliphatic hydroxyl groups excluding tert-OH is 1. The highest BCUT2D eigenvalue weighted by Gasteiger charge is 2.37. The van der Waals surface area contributed by atoms with E-state index in [9.17, 15) is 5.11 Å². The molecular formula is C12H23NO. The van der Waals surface area contributed by atoms with Gasteiger partial charge in [0.1, 0.15) is 0 Å². The Labute approximate surface area is 87.3 Å². The van der Waals surface area contributed by atoms with E-state index in [-0.39, 0.29) is 6.10 Å². The van der Waals surface area contributed by atoms with Crippen LogP contribution in [0.25, 0.3) is 0 Å². The molecule has 1 aliphatic heterocycles. The van der Waals surface area contributed by atoms with Crippen LogP contribution in [0.1, 0.15) is 46.0 Å². The average Bonchev–Trinajstić information content (AvgIpc) is 2.70. The van der Waals surface area contributed by atoms with Crippen LogP contribution in [0, 0.1) is 5.92 Å². The first-order chi connectivity index (χ1) is 6.70.